The maximum atomic E-state index is 3.53. The van der Waals surface area contributed by atoms with E-state index in [1.165, 1.54) is 38.3 Å². The van der Waals surface area contributed by atoms with Crippen molar-refractivity contribution in [1.82, 2.24) is 0 Å². The Bertz CT molecular complexity index is 66.6. The molecule has 0 saturated heterocycles. The van der Waals surface area contributed by atoms with Gasteiger partial charge in [0.05, 0.1) is 0 Å². The fraction of sp³-hybridized carbons (Fsp3) is 1.00. The van der Waals surface area contributed by atoms with Crippen molar-refractivity contribution in [3.8, 4) is 0 Å². The number of rotatable bonds is 6. The molecular weight excluding hydrogens is 275 g/mol. The Labute approximate surface area is 81.4 Å². The molecule has 0 radical (unpaired) electrons. The van der Waals surface area contributed by atoms with E-state index in [1.807, 2.05) is 0 Å². The third-order valence-corrected chi connectivity index (χ3v) is 4.21. The van der Waals surface area contributed by atoms with E-state index in [4.69, 9.17) is 0 Å². The molecule has 0 spiro atoms. The normalized spacial score (nSPS) is 10.8. The molecule has 0 aliphatic carbocycles. The van der Waals surface area contributed by atoms with Crippen molar-refractivity contribution >= 4 is 36.3 Å². The van der Waals surface area contributed by atoms with Crippen LogP contribution >= 0.6 is 36.3 Å². The highest BCUT2D eigenvalue weighted by molar-refractivity contribution is 9.69. The molecule has 0 bridgehead atoms. The fourth-order valence-electron chi connectivity index (χ4n) is 0.835. The summed E-state index contributed by atoms with van der Waals surface area (Å²) in [6.07, 6.45) is 8.27. The van der Waals surface area contributed by atoms with Crippen LogP contribution in [-0.4, -0.2) is 6.16 Å². The zero-order valence-electron chi connectivity index (χ0n) is 6.45. The molecule has 0 amide bonds. The quantitative estimate of drug-likeness (QED) is 0.474. The molecule has 0 atom stereocenters. The second-order valence-electron chi connectivity index (χ2n) is 2.44. The van der Waals surface area contributed by atoms with Gasteiger partial charge in [-0.1, -0.05) is 32.6 Å². The molecule has 0 heterocycles. The van der Waals surface area contributed by atoms with Gasteiger partial charge >= 0.3 is 0 Å². The van der Waals surface area contributed by atoms with E-state index >= 15 is 0 Å². The van der Waals surface area contributed by atoms with Crippen LogP contribution < -0.4 is 0 Å². The van der Waals surface area contributed by atoms with E-state index in [1.54, 1.807) is 0 Å². The molecule has 0 N–H and O–H groups in total. The largest absolute Gasteiger partial charge is 0.0654 e. The molecule has 0 saturated carbocycles. The number of hydrogen-bond acceptors (Lipinski definition) is 0. The fourth-order valence-corrected chi connectivity index (χ4v) is 2.80. The van der Waals surface area contributed by atoms with Gasteiger partial charge in [0.25, 0.3) is 0 Å². The van der Waals surface area contributed by atoms with Gasteiger partial charge in [-0.2, -0.15) is 0 Å². The Balaban J connectivity index is 2.77. The standard InChI is InChI=1S/C7H15Br2P/c1-2-3-4-5-6-7-10(8)9/h2-7H2,1H3. The van der Waals surface area contributed by atoms with Gasteiger partial charge in [0.2, 0.25) is 0 Å². The van der Waals surface area contributed by atoms with Crippen LogP contribution in [0.25, 0.3) is 0 Å². The lowest BCUT2D eigenvalue weighted by Crippen LogP contribution is -1.78. The van der Waals surface area contributed by atoms with E-state index < -0.39 is 0 Å². The van der Waals surface area contributed by atoms with Crippen molar-refractivity contribution in [2.24, 2.45) is 0 Å². The van der Waals surface area contributed by atoms with Crippen LogP contribution in [-0.2, 0) is 0 Å². The van der Waals surface area contributed by atoms with Crippen molar-refractivity contribution in [2.45, 2.75) is 39.0 Å². The molecule has 3 heteroatoms. The molecule has 0 aromatic carbocycles. The molecule has 10 heavy (non-hydrogen) atoms. The van der Waals surface area contributed by atoms with Crippen LogP contribution in [0.3, 0.4) is 0 Å². The maximum Gasteiger partial charge on any atom is 0.0346 e. The van der Waals surface area contributed by atoms with Crippen molar-refractivity contribution in [3.05, 3.63) is 0 Å². The summed E-state index contributed by atoms with van der Waals surface area (Å²) in [4.78, 5) is 0. The van der Waals surface area contributed by atoms with Crippen LogP contribution in [0.15, 0.2) is 0 Å². The number of halogens is 2. The molecule has 0 unspecified atom stereocenters. The zero-order valence-corrected chi connectivity index (χ0v) is 10.5. The van der Waals surface area contributed by atoms with Gasteiger partial charge < -0.3 is 0 Å². The van der Waals surface area contributed by atoms with Crippen molar-refractivity contribution in [3.63, 3.8) is 0 Å². The molecule has 0 fully saturated rings. The molecule has 0 aromatic heterocycles. The Morgan fingerprint density at radius 3 is 2.10 bits per heavy atom. The summed E-state index contributed by atoms with van der Waals surface area (Å²) in [7, 11) is 0. The Morgan fingerprint density at radius 1 is 1.00 bits per heavy atom. The van der Waals surface area contributed by atoms with Gasteiger partial charge in [0, 0.05) is 5.33 Å². The third kappa shape index (κ3) is 9.39. The molecule has 0 rings (SSSR count). The Hall–Kier alpha value is 1.39. The lowest BCUT2D eigenvalue weighted by Gasteiger charge is -2.00. The van der Waals surface area contributed by atoms with Gasteiger partial charge in [0.1, 0.15) is 0 Å². The summed E-state index contributed by atoms with van der Waals surface area (Å²) in [5.74, 6) is 0. The average molecular weight is 290 g/mol. The third-order valence-electron chi connectivity index (χ3n) is 1.43. The van der Waals surface area contributed by atoms with Gasteiger partial charge in [-0.15, -0.1) is 0 Å². The van der Waals surface area contributed by atoms with Crippen molar-refractivity contribution in [2.75, 3.05) is 6.16 Å². The van der Waals surface area contributed by atoms with Gasteiger partial charge in [-0.05, 0) is 43.6 Å². The van der Waals surface area contributed by atoms with Crippen LogP contribution in [0.5, 0.6) is 0 Å². The Morgan fingerprint density at radius 2 is 1.60 bits per heavy atom. The van der Waals surface area contributed by atoms with E-state index in [2.05, 4.69) is 37.9 Å². The Kier molecular flexibility index (Phi) is 9.67. The van der Waals surface area contributed by atoms with Crippen molar-refractivity contribution in [1.29, 1.82) is 0 Å². The predicted molar refractivity (Wildman–Crippen MR) is 58.4 cm³/mol. The van der Waals surface area contributed by atoms with Crippen LogP contribution in [0.4, 0.5) is 0 Å². The molecule has 0 aliphatic heterocycles. The zero-order chi connectivity index (χ0) is 7.82. The molecule has 0 aromatic rings. The second kappa shape index (κ2) is 8.49. The molecular formula is C7H15Br2P. The first-order valence-corrected chi connectivity index (χ1v) is 9.43. The first kappa shape index (κ1) is 11.4. The van der Waals surface area contributed by atoms with E-state index in [0.29, 0.717) is 0 Å². The first-order chi connectivity index (χ1) is 4.77. The smallest absolute Gasteiger partial charge is 0.0346 e. The molecule has 0 nitrogen and oxygen atoms in total. The average Bonchev–Trinajstić information content (AvgIpc) is 1.87. The summed E-state index contributed by atoms with van der Waals surface area (Å²) in [6.45, 7) is 2.25. The highest BCUT2D eigenvalue weighted by Crippen LogP contribution is 2.52. The van der Waals surface area contributed by atoms with E-state index in [9.17, 15) is 0 Å². The minimum atomic E-state index is 0.00366. The van der Waals surface area contributed by atoms with Gasteiger partial charge in [0.15, 0.2) is 0 Å². The van der Waals surface area contributed by atoms with Crippen LogP contribution in [0.2, 0.25) is 0 Å². The van der Waals surface area contributed by atoms with Crippen LogP contribution in [0.1, 0.15) is 39.0 Å². The second-order valence-corrected chi connectivity index (χ2v) is 11.5. The molecule has 0 aliphatic rings. The van der Waals surface area contributed by atoms with E-state index in [0.717, 1.165) is 0 Å². The topological polar surface area (TPSA) is 0 Å². The summed E-state index contributed by atoms with van der Waals surface area (Å²) in [5.41, 5.74) is 0. The SMILES string of the molecule is CCCCCCCP(Br)Br. The highest BCUT2D eigenvalue weighted by Gasteiger charge is 1.95. The summed E-state index contributed by atoms with van der Waals surface area (Å²) < 4.78 is 0. The molecule has 62 valence electrons. The van der Waals surface area contributed by atoms with Gasteiger partial charge in [-0.25, -0.2) is 0 Å². The van der Waals surface area contributed by atoms with Crippen molar-refractivity contribution < 1.29 is 0 Å². The highest BCUT2D eigenvalue weighted by atomic mass is 79.9. The van der Waals surface area contributed by atoms with Crippen LogP contribution in [0, 0.1) is 0 Å². The minimum Gasteiger partial charge on any atom is -0.0654 e. The lowest BCUT2D eigenvalue weighted by molar-refractivity contribution is 0.659. The maximum absolute atomic E-state index is 3.53. The summed E-state index contributed by atoms with van der Waals surface area (Å²) in [6, 6.07) is 0. The summed E-state index contributed by atoms with van der Waals surface area (Å²) >= 11 is 7.05. The number of hydrogen-bond donors (Lipinski definition) is 0. The lowest BCUT2D eigenvalue weighted by atomic mass is 10.2. The first-order valence-electron chi connectivity index (χ1n) is 3.86. The minimum absolute atomic E-state index is 0.00366. The summed E-state index contributed by atoms with van der Waals surface area (Å²) in [5, 5.41) is 0.00366. The predicted octanol–water partition coefficient (Wildman–Crippen LogP) is 5.06. The van der Waals surface area contributed by atoms with Gasteiger partial charge in [-0.3, -0.25) is 0 Å². The van der Waals surface area contributed by atoms with E-state index in [-0.39, 0.29) is 5.33 Å². The number of unbranched alkanes of at least 4 members (excludes halogenated alkanes) is 4. The monoisotopic (exact) mass is 288 g/mol.